The van der Waals surface area contributed by atoms with Crippen LogP contribution in [0.15, 0.2) is 24.3 Å². The highest BCUT2D eigenvalue weighted by Crippen LogP contribution is 2.33. The monoisotopic (exact) mass is 1360 g/mol. The van der Waals surface area contributed by atoms with Gasteiger partial charge in [-0.2, -0.15) is 0 Å². The third kappa shape index (κ3) is 38.8. The van der Waals surface area contributed by atoms with Crippen LogP contribution >= 0.6 is 0 Å². The summed E-state index contributed by atoms with van der Waals surface area (Å²) in [5.41, 5.74) is 0. The number of aliphatic hydroxyl groups excluding tert-OH is 11. The Morgan fingerprint density at radius 1 is 0.368 bits per heavy atom. The molecule has 95 heavy (non-hydrogen) atoms. The van der Waals surface area contributed by atoms with E-state index in [1.165, 1.54) is 250 Å². The quantitative estimate of drug-likeness (QED) is 0.0199. The molecule has 19 nitrogen and oxygen atoms in total. The highest BCUT2D eigenvalue weighted by atomic mass is 16.8. The molecule has 0 saturated carbocycles. The average molecular weight is 1360 g/mol. The fourth-order valence-electron chi connectivity index (χ4n) is 13.4. The molecule has 12 N–H and O–H groups in total. The Morgan fingerprint density at radius 2 is 0.674 bits per heavy atom. The lowest BCUT2D eigenvalue weighted by Gasteiger charge is -2.48. The lowest BCUT2D eigenvalue weighted by molar-refractivity contribution is -0.379. The SMILES string of the molecule is CCCCCCCCCCCCCCCC/C=C/CC/C=C/C(O)C(COC1OC(CO)C(OC2OC(CO)C(OC3OC(CO)C(O)C(O)C3O)C(O)C2O)C(O)C1O)NC(=O)CCCCCCCCCCCCCCCCCCCCCCCCCCCCCCCC. The molecule has 0 radical (unpaired) electrons. The van der Waals surface area contributed by atoms with Gasteiger partial charge in [-0.25, -0.2) is 0 Å². The van der Waals surface area contributed by atoms with Crippen LogP contribution in [0.2, 0.25) is 0 Å². The standard InChI is InChI=1S/C76H143NO18/c1-3-5-7-9-11-13-15-17-19-21-23-25-26-27-28-29-30-31-32-33-34-36-38-40-42-44-46-48-50-52-54-64(82)77-59(60(81)53-51-49-47-45-43-41-39-37-35-24-22-20-18-16-14-12-10-8-6-4-2)58-90-74-70(88)67(85)72(62(56-79)92-74)95-76-71(89)68(86)73(63(57-80)93-76)94-75-69(87)66(84)65(83)61(55-78)91-75/h43,45,51,53,59-63,65-76,78-81,83-89H,3-42,44,46-50,52,54-58H2,1-2H3,(H,77,82)/b45-43+,53-51+. The number of ether oxygens (including phenoxy) is 6. The Balaban J connectivity index is 1.38. The molecule has 1 amide bonds. The van der Waals surface area contributed by atoms with E-state index in [4.69, 9.17) is 28.4 Å². The highest BCUT2D eigenvalue weighted by molar-refractivity contribution is 5.76. The molecule has 3 heterocycles. The zero-order valence-corrected chi connectivity index (χ0v) is 59.7. The van der Waals surface area contributed by atoms with E-state index in [0.717, 1.165) is 38.5 Å². The van der Waals surface area contributed by atoms with Gasteiger partial charge in [0.05, 0.1) is 38.6 Å². The van der Waals surface area contributed by atoms with Gasteiger partial charge in [0.2, 0.25) is 5.91 Å². The van der Waals surface area contributed by atoms with Gasteiger partial charge in [0.15, 0.2) is 18.9 Å². The number of hydrogen-bond acceptors (Lipinski definition) is 18. The third-order valence-electron chi connectivity index (χ3n) is 19.8. The summed E-state index contributed by atoms with van der Waals surface area (Å²) in [5, 5.41) is 121. The molecule has 0 aromatic heterocycles. The summed E-state index contributed by atoms with van der Waals surface area (Å²) < 4.78 is 34.4. The van der Waals surface area contributed by atoms with Gasteiger partial charge in [0, 0.05) is 6.42 Å². The molecule has 3 aliphatic heterocycles. The predicted molar refractivity (Wildman–Crippen MR) is 374 cm³/mol. The second kappa shape index (κ2) is 57.8. The number of carbonyl (C=O) groups is 1. The number of rotatable bonds is 62. The molecular weight excluding hydrogens is 1210 g/mol. The van der Waals surface area contributed by atoms with Crippen LogP contribution in [0.4, 0.5) is 0 Å². The molecule has 0 aliphatic carbocycles. The van der Waals surface area contributed by atoms with Gasteiger partial charge in [-0.3, -0.25) is 4.79 Å². The van der Waals surface area contributed by atoms with E-state index in [1.54, 1.807) is 6.08 Å². The molecular formula is C76H143NO18. The molecule has 17 unspecified atom stereocenters. The molecule has 3 fully saturated rings. The van der Waals surface area contributed by atoms with Crippen molar-refractivity contribution in [2.24, 2.45) is 0 Å². The van der Waals surface area contributed by atoms with Crippen molar-refractivity contribution >= 4 is 5.91 Å². The van der Waals surface area contributed by atoms with E-state index in [-0.39, 0.29) is 18.9 Å². The summed E-state index contributed by atoms with van der Waals surface area (Å²) in [7, 11) is 0. The summed E-state index contributed by atoms with van der Waals surface area (Å²) in [6, 6.07) is -0.988. The van der Waals surface area contributed by atoms with Crippen molar-refractivity contribution in [1.82, 2.24) is 5.32 Å². The molecule has 19 heteroatoms. The van der Waals surface area contributed by atoms with Crippen molar-refractivity contribution in [2.75, 3.05) is 26.4 Å². The zero-order chi connectivity index (χ0) is 68.9. The maximum atomic E-state index is 13.5. The Hall–Kier alpha value is -1.73. The molecule has 560 valence electrons. The fourth-order valence-corrected chi connectivity index (χ4v) is 13.4. The first-order valence-corrected chi connectivity index (χ1v) is 39.1. The molecule has 0 bridgehead atoms. The number of amides is 1. The van der Waals surface area contributed by atoms with Crippen LogP contribution in [-0.4, -0.2) is 193 Å². The van der Waals surface area contributed by atoms with Crippen molar-refractivity contribution in [3.63, 3.8) is 0 Å². The Labute approximate surface area is 575 Å². The van der Waals surface area contributed by atoms with E-state index in [9.17, 15) is 61.0 Å². The van der Waals surface area contributed by atoms with Crippen LogP contribution in [0.5, 0.6) is 0 Å². The van der Waals surface area contributed by atoms with Gasteiger partial charge < -0.3 is 89.9 Å². The second-order valence-electron chi connectivity index (χ2n) is 28.2. The van der Waals surface area contributed by atoms with Crippen LogP contribution in [-0.2, 0) is 33.2 Å². The highest BCUT2D eigenvalue weighted by Gasteiger charge is 2.53. The number of aliphatic hydroxyl groups is 11. The van der Waals surface area contributed by atoms with Gasteiger partial charge >= 0.3 is 0 Å². The summed E-state index contributed by atoms with van der Waals surface area (Å²) >= 11 is 0. The van der Waals surface area contributed by atoms with Crippen LogP contribution in [0.1, 0.15) is 322 Å². The number of nitrogens with one attached hydrogen (secondary N) is 1. The van der Waals surface area contributed by atoms with E-state index in [2.05, 4.69) is 31.3 Å². The van der Waals surface area contributed by atoms with E-state index in [0.29, 0.717) is 12.8 Å². The van der Waals surface area contributed by atoms with Crippen molar-refractivity contribution in [3.8, 4) is 0 Å². The number of allylic oxidation sites excluding steroid dienone is 3. The predicted octanol–water partition coefficient (Wildman–Crippen LogP) is 12.2. The molecule has 0 aromatic carbocycles. The Kier molecular flexibility index (Phi) is 53.3. The zero-order valence-electron chi connectivity index (χ0n) is 59.7. The smallest absolute Gasteiger partial charge is 0.220 e. The normalized spacial score (nSPS) is 27.3. The molecule has 3 saturated heterocycles. The lowest BCUT2D eigenvalue weighted by Crippen LogP contribution is -2.66. The van der Waals surface area contributed by atoms with Crippen molar-refractivity contribution in [1.29, 1.82) is 0 Å². The minimum absolute atomic E-state index is 0.241. The molecule has 3 rings (SSSR count). The largest absolute Gasteiger partial charge is 0.394 e. The number of unbranched alkanes of at least 4 members (excludes halogenated alkanes) is 44. The van der Waals surface area contributed by atoms with Gasteiger partial charge in [0.25, 0.3) is 0 Å². The van der Waals surface area contributed by atoms with E-state index < -0.39 is 124 Å². The Morgan fingerprint density at radius 3 is 1.05 bits per heavy atom. The van der Waals surface area contributed by atoms with Crippen LogP contribution in [0.3, 0.4) is 0 Å². The summed E-state index contributed by atoms with van der Waals surface area (Å²) in [4.78, 5) is 13.5. The minimum atomic E-state index is -1.98. The maximum absolute atomic E-state index is 13.5. The van der Waals surface area contributed by atoms with Crippen LogP contribution in [0, 0.1) is 0 Å². The van der Waals surface area contributed by atoms with Gasteiger partial charge in [0.1, 0.15) is 73.2 Å². The maximum Gasteiger partial charge on any atom is 0.220 e. The fraction of sp³-hybridized carbons (Fsp3) is 0.934. The first kappa shape index (κ1) is 87.5. The average Bonchev–Trinajstić information content (AvgIpc) is 0.788. The van der Waals surface area contributed by atoms with Crippen molar-refractivity contribution in [3.05, 3.63) is 24.3 Å². The first-order valence-electron chi connectivity index (χ1n) is 39.1. The number of carbonyl (C=O) groups excluding carboxylic acids is 1. The third-order valence-corrected chi connectivity index (χ3v) is 19.8. The molecule has 3 aliphatic rings. The minimum Gasteiger partial charge on any atom is -0.394 e. The van der Waals surface area contributed by atoms with E-state index in [1.807, 2.05) is 6.08 Å². The second-order valence-corrected chi connectivity index (χ2v) is 28.2. The summed E-state index contributed by atoms with van der Waals surface area (Å²) in [6.07, 6.45) is 41.7. The van der Waals surface area contributed by atoms with Crippen LogP contribution in [0.25, 0.3) is 0 Å². The van der Waals surface area contributed by atoms with Gasteiger partial charge in [-0.1, -0.05) is 308 Å². The Bertz CT molecular complexity index is 1810. The van der Waals surface area contributed by atoms with E-state index >= 15 is 0 Å². The van der Waals surface area contributed by atoms with Gasteiger partial charge in [-0.05, 0) is 32.1 Å². The summed E-state index contributed by atoms with van der Waals surface area (Å²) in [5.74, 6) is -0.278. The topological polar surface area (TPSA) is 307 Å². The molecule has 0 spiro atoms. The first-order chi connectivity index (χ1) is 46.3. The van der Waals surface area contributed by atoms with Crippen molar-refractivity contribution < 1.29 is 89.4 Å². The summed E-state index contributed by atoms with van der Waals surface area (Å²) in [6.45, 7) is 1.77. The lowest BCUT2D eigenvalue weighted by atomic mass is 9.96. The van der Waals surface area contributed by atoms with Gasteiger partial charge in [-0.15, -0.1) is 0 Å². The van der Waals surface area contributed by atoms with Crippen molar-refractivity contribution in [2.45, 2.75) is 426 Å². The van der Waals surface area contributed by atoms with Crippen LogP contribution < -0.4 is 5.32 Å². The molecule has 17 atom stereocenters. The molecule has 0 aromatic rings. The number of hydrogen-bond donors (Lipinski definition) is 12.